The van der Waals surface area contributed by atoms with Crippen molar-refractivity contribution in [1.82, 2.24) is 10.2 Å². The number of likely N-dealkylation sites (tertiary alicyclic amines) is 1. The molecule has 1 unspecified atom stereocenters. The fraction of sp³-hybridized carbons (Fsp3) is 0.611. The molecule has 1 N–H and O–H groups in total. The number of amides is 1. The van der Waals surface area contributed by atoms with Gasteiger partial charge in [0.2, 0.25) is 5.91 Å². The topological polar surface area (TPSA) is 32.3 Å². The lowest BCUT2D eigenvalue weighted by molar-refractivity contribution is -0.120. The average Bonchev–Trinajstić information content (AvgIpc) is 2.45. The highest BCUT2D eigenvalue weighted by molar-refractivity contribution is 5.78. The molecule has 21 heavy (non-hydrogen) atoms. The molecule has 3 nitrogen and oxygen atoms in total. The fourth-order valence-electron chi connectivity index (χ4n) is 3.06. The minimum atomic E-state index is 0.141. The number of carbonyl (C=O) groups is 1. The van der Waals surface area contributed by atoms with Crippen molar-refractivity contribution in [2.75, 3.05) is 19.6 Å². The van der Waals surface area contributed by atoms with E-state index in [0.29, 0.717) is 18.4 Å². The fourth-order valence-corrected chi connectivity index (χ4v) is 3.06. The summed E-state index contributed by atoms with van der Waals surface area (Å²) in [6, 6.07) is 8.79. The van der Waals surface area contributed by atoms with Gasteiger partial charge in [-0.25, -0.2) is 0 Å². The van der Waals surface area contributed by atoms with E-state index in [4.69, 9.17) is 0 Å². The van der Waals surface area contributed by atoms with E-state index in [0.717, 1.165) is 18.7 Å². The van der Waals surface area contributed by atoms with Gasteiger partial charge in [0.15, 0.2) is 0 Å². The first kappa shape index (κ1) is 16.0. The molecule has 0 saturated carbocycles. The van der Waals surface area contributed by atoms with E-state index in [2.05, 4.69) is 43.1 Å². The minimum Gasteiger partial charge on any atom is -0.355 e. The number of hydrogen-bond donors (Lipinski definition) is 1. The van der Waals surface area contributed by atoms with E-state index < -0.39 is 0 Å². The molecule has 116 valence electrons. The molecule has 1 amide bonds. The third kappa shape index (κ3) is 5.16. The molecule has 3 heteroatoms. The van der Waals surface area contributed by atoms with Gasteiger partial charge in [-0.1, -0.05) is 29.8 Å². The number of benzene rings is 1. The summed E-state index contributed by atoms with van der Waals surface area (Å²) in [5, 5.41) is 3.11. The van der Waals surface area contributed by atoms with Crippen LogP contribution < -0.4 is 5.32 Å². The van der Waals surface area contributed by atoms with Crippen molar-refractivity contribution >= 4 is 5.91 Å². The molecule has 0 spiro atoms. The highest BCUT2D eigenvalue weighted by Crippen LogP contribution is 2.17. The van der Waals surface area contributed by atoms with Crippen molar-refractivity contribution in [3.8, 4) is 0 Å². The van der Waals surface area contributed by atoms with Gasteiger partial charge in [0.25, 0.3) is 0 Å². The molecule has 1 aromatic carbocycles. The van der Waals surface area contributed by atoms with Crippen LogP contribution in [0.25, 0.3) is 0 Å². The maximum atomic E-state index is 12.1. The van der Waals surface area contributed by atoms with Crippen molar-refractivity contribution < 1.29 is 4.79 Å². The van der Waals surface area contributed by atoms with Crippen LogP contribution in [0.4, 0.5) is 0 Å². The molecule has 1 heterocycles. The summed E-state index contributed by atoms with van der Waals surface area (Å²) in [5.41, 5.74) is 2.31. The molecule has 1 aliphatic heterocycles. The number of rotatable bonds is 5. The number of carbonyl (C=O) groups excluding carboxylic acids is 1. The van der Waals surface area contributed by atoms with E-state index in [1.165, 1.54) is 24.9 Å². The number of hydrogen-bond acceptors (Lipinski definition) is 2. The van der Waals surface area contributed by atoms with Crippen LogP contribution in [0.15, 0.2) is 24.3 Å². The predicted octanol–water partition coefficient (Wildman–Crippen LogP) is 2.77. The van der Waals surface area contributed by atoms with Gasteiger partial charge < -0.3 is 10.2 Å². The van der Waals surface area contributed by atoms with Crippen molar-refractivity contribution in [3.63, 3.8) is 0 Å². The zero-order valence-electron chi connectivity index (χ0n) is 13.6. The Kier molecular flexibility index (Phi) is 5.80. The van der Waals surface area contributed by atoms with E-state index in [1.54, 1.807) is 0 Å². The first-order valence-electron chi connectivity index (χ1n) is 8.11. The summed E-state index contributed by atoms with van der Waals surface area (Å²) in [6.45, 7) is 9.68. The highest BCUT2D eigenvalue weighted by atomic mass is 16.1. The number of nitrogens with zero attached hydrogens (tertiary/aromatic N) is 1. The second-order valence-corrected chi connectivity index (χ2v) is 6.57. The van der Waals surface area contributed by atoms with E-state index in [1.807, 2.05) is 12.1 Å². The van der Waals surface area contributed by atoms with Gasteiger partial charge in [-0.05, 0) is 51.6 Å². The third-order valence-electron chi connectivity index (χ3n) is 4.32. The lowest BCUT2D eigenvalue weighted by Gasteiger charge is -2.35. The zero-order valence-corrected chi connectivity index (χ0v) is 13.6. The second kappa shape index (κ2) is 7.60. The molecular formula is C18H28N2O. The van der Waals surface area contributed by atoms with Gasteiger partial charge in [-0.2, -0.15) is 0 Å². The largest absolute Gasteiger partial charge is 0.355 e. The Hall–Kier alpha value is -1.35. The van der Waals surface area contributed by atoms with Crippen LogP contribution in [0.3, 0.4) is 0 Å². The molecule has 0 aliphatic carbocycles. The van der Waals surface area contributed by atoms with Gasteiger partial charge in [0.1, 0.15) is 0 Å². The Balaban J connectivity index is 1.76. The smallest absolute Gasteiger partial charge is 0.224 e. The third-order valence-corrected chi connectivity index (χ3v) is 4.32. The molecule has 0 radical (unpaired) electrons. The van der Waals surface area contributed by atoms with Gasteiger partial charge in [-0.15, -0.1) is 0 Å². The molecule has 0 aromatic heterocycles. The standard InChI is InChI=1S/C18H28N2O/c1-14(2)20-9-5-8-17(13-20)12-19-18(21)11-16-7-4-6-15(3)10-16/h4,6-7,10,14,17H,5,8-9,11-13H2,1-3H3,(H,19,21). The Morgan fingerprint density at radius 1 is 1.43 bits per heavy atom. The summed E-state index contributed by atoms with van der Waals surface area (Å²) < 4.78 is 0. The Labute approximate surface area is 128 Å². The maximum absolute atomic E-state index is 12.1. The second-order valence-electron chi connectivity index (χ2n) is 6.57. The first-order chi connectivity index (χ1) is 10.0. The molecule has 1 aliphatic rings. The van der Waals surface area contributed by atoms with E-state index in [-0.39, 0.29) is 5.91 Å². The minimum absolute atomic E-state index is 0.141. The summed E-state index contributed by atoms with van der Waals surface area (Å²) >= 11 is 0. The van der Waals surface area contributed by atoms with Gasteiger partial charge >= 0.3 is 0 Å². The van der Waals surface area contributed by atoms with Crippen molar-refractivity contribution in [2.24, 2.45) is 5.92 Å². The Morgan fingerprint density at radius 2 is 2.24 bits per heavy atom. The average molecular weight is 288 g/mol. The monoisotopic (exact) mass is 288 g/mol. The first-order valence-corrected chi connectivity index (χ1v) is 8.11. The molecule has 2 rings (SSSR count). The summed E-state index contributed by atoms with van der Waals surface area (Å²) in [4.78, 5) is 14.6. The van der Waals surface area contributed by atoms with Crippen LogP contribution in [0.5, 0.6) is 0 Å². The SMILES string of the molecule is Cc1cccc(CC(=O)NCC2CCCN(C(C)C)C2)c1. The lowest BCUT2D eigenvalue weighted by Crippen LogP contribution is -2.43. The molecule has 0 bridgehead atoms. The summed E-state index contributed by atoms with van der Waals surface area (Å²) in [7, 11) is 0. The van der Waals surface area contributed by atoms with E-state index >= 15 is 0 Å². The molecule has 1 aromatic rings. The summed E-state index contributed by atoms with van der Waals surface area (Å²) in [5.74, 6) is 0.741. The number of aryl methyl sites for hydroxylation is 1. The lowest BCUT2D eigenvalue weighted by atomic mass is 9.97. The number of nitrogens with one attached hydrogen (secondary N) is 1. The quantitative estimate of drug-likeness (QED) is 0.903. The maximum Gasteiger partial charge on any atom is 0.224 e. The van der Waals surface area contributed by atoms with Gasteiger partial charge in [0, 0.05) is 19.1 Å². The highest BCUT2D eigenvalue weighted by Gasteiger charge is 2.21. The van der Waals surface area contributed by atoms with Crippen molar-refractivity contribution in [2.45, 2.75) is 46.1 Å². The normalized spacial score (nSPS) is 19.7. The van der Waals surface area contributed by atoms with Crippen LogP contribution >= 0.6 is 0 Å². The molecular weight excluding hydrogens is 260 g/mol. The van der Waals surface area contributed by atoms with Crippen molar-refractivity contribution in [3.05, 3.63) is 35.4 Å². The van der Waals surface area contributed by atoms with Crippen molar-refractivity contribution in [1.29, 1.82) is 0 Å². The molecule has 1 atom stereocenters. The van der Waals surface area contributed by atoms with Crippen LogP contribution in [0, 0.1) is 12.8 Å². The predicted molar refractivity (Wildman–Crippen MR) is 87.3 cm³/mol. The van der Waals surface area contributed by atoms with Crippen LogP contribution in [-0.2, 0) is 11.2 Å². The zero-order chi connectivity index (χ0) is 15.2. The van der Waals surface area contributed by atoms with Crippen LogP contribution in [0.1, 0.15) is 37.8 Å². The van der Waals surface area contributed by atoms with Crippen LogP contribution in [0.2, 0.25) is 0 Å². The van der Waals surface area contributed by atoms with E-state index in [9.17, 15) is 4.79 Å². The van der Waals surface area contributed by atoms with Gasteiger partial charge in [0.05, 0.1) is 6.42 Å². The van der Waals surface area contributed by atoms with Crippen LogP contribution in [-0.4, -0.2) is 36.5 Å². The Bertz CT molecular complexity index is 470. The van der Waals surface area contributed by atoms with Gasteiger partial charge in [-0.3, -0.25) is 4.79 Å². The Morgan fingerprint density at radius 3 is 2.95 bits per heavy atom. The molecule has 1 fully saturated rings. The molecule has 1 saturated heterocycles. The number of piperidine rings is 1. The summed E-state index contributed by atoms with van der Waals surface area (Å²) in [6.07, 6.45) is 2.97.